The molecule has 23 heavy (non-hydrogen) atoms. The molecule has 1 rings (SSSR count). The van der Waals surface area contributed by atoms with Gasteiger partial charge in [-0.15, -0.1) is 24.0 Å². The maximum Gasteiger partial charge on any atom is 0.416 e. The van der Waals surface area contributed by atoms with Crippen LogP contribution in [0.25, 0.3) is 0 Å². The summed E-state index contributed by atoms with van der Waals surface area (Å²) < 4.78 is 38.2. The van der Waals surface area contributed by atoms with Crippen molar-refractivity contribution in [3.63, 3.8) is 0 Å². The lowest BCUT2D eigenvalue weighted by Crippen LogP contribution is -2.41. The third-order valence-corrected chi connectivity index (χ3v) is 4.22. The number of aliphatic imine (C=N–C) groups is 1. The van der Waals surface area contributed by atoms with Crippen LogP contribution in [0.2, 0.25) is 0 Å². The molecule has 3 nitrogen and oxygen atoms in total. The van der Waals surface area contributed by atoms with Crippen LogP contribution in [-0.2, 0) is 6.18 Å². The molecule has 0 spiro atoms. The van der Waals surface area contributed by atoms with Crippen molar-refractivity contribution in [3.8, 4) is 0 Å². The summed E-state index contributed by atoms with van der Waals surface area (Å²) in [5.41, 5.74) is -0.0757. The van der Waals surface area contributed by atoms with E-state index in [2.05, 4.69) is 22.5 Å². The SMILES string of the molecule is CN=C(NCC(C)SC)NC(C)c1cccc(C(F)(F)F)c1.I. The zero-order valence-electron chi connectivity index (χ0n) is 13.6. The Hall–Kier alpha value is -0.640. The first kappa shape index (κ1) is 22.4. The highest BCUT2D eigenvalue weighted by Crippen LogP contribution is 2.30. The molecule has 0 aromatic heterocycles. The van der Waals surface area contributed by atoms with Gasteiger partial charge in [0.2, 0.25) is 0 Å². The minimum absolute atomic E-state index is 0. The molecule has 0 saturated heterocycles. The molecule has 0 bridgehead atoms. The molecule has 1 aromatic rings. The van der Waals surface area contributed by atoms with Crippen molar-refractivity contribution >= 4 is 41.7 Å². The highest BCUT2D eigenvalue weighted by atomic mass is 127. The Morgan fingerprint density at radius 2 is 1.96 bits per heavy atom. The molecule has 0 saturated carbocycles. The molecule has 2 atom stereocenters. The Balaban J connectivity index is 0.00000484. The largest absolute Gasteiger partial charge is 0.416 e. The minimum atomic E-state index is -4.33. The van der Waals surface area contributed by atoms with Gasteiger partial charge in [0, 0.05) is 18.8 Å². The number of rotatable bonds is 5. The number of benzene rings is 1. The van der Waals surface area contributed by atoms with Crippen molar-refractivity contribution < 1.29 is 13.2 Å². The summed E-state index contributed by atoms with van der Waals surface area (Å²) in [5.74, 6) is 0.575. The fourth-order valence-corrected chi connectivity index (χ4v) is 2.04. The molecule has 0 heterocycles. The normalized spacial score (nSPS) is 14.7. The number of thioether (sulfide) groups is 1. The Morgan fingerprint density at radius 3 is 2.48 bits per heavy atom. The molecular formula is C15H23F3IN3S. The van der Waals surface area contributed by atoms with Crippen LogP contribution in [0.1, 0.15) is 31.0 Å². The molecule has 0 radical (unpaired) electrons. The fourth-order valence-electron chi connectivity index (χ4n) is 1.79. The summed E-state index contributed by atoms with van der Waals surface area (Å²) in [6.45, 7) is 4.62. The summed E-state index contributed by atoms with van der Waals surface area (Å²) in [7, 11) is 1.64. The topological polar surface area (TPSA) is 36.4 Å². The van der Waals surface area contributed by atoms with Gasteiger partial charge in [-0.2, -0.15) is 24.9 Å². The van der Waals surface area contributed by atoms with Gasteiger partial charge in [-0.25, -0.2) is 0 Å². The smallest absolute Gasteiger partial charge is 0.355 e. The average Bonchev–Trinajstić information content (AvgIpc) is 2.50. The Labute approximate surface area is 156 Å². The van der Waals surface area contributed by atoms with Crippen LogP contribution in [-0.4, -0.2) is 31.1 Å². The first-order chi connectivity index (χ1) is 10.3. The second-order valence-electron chi connectivity index (χ2n) is 4.99. The van der Waals surface area contributed by atoms with E-state index in [-0.39, 0.29) is 30.0 Å². The van der Waals surface area contributed by atoms with Crippen LogP contribution in [0.5, 0.6) is 0 Å². The number of hydrogen-bond donors (Lipinski definition) is 2. The maximum atomic E-state index is 12.7. The van der Waals surface area contributed by atoms with Crippen LogP contribution in [0.3, 0.4) is 0 Å². The highest BCUT2D eigenvalue weighted by Gasteiger charge is 2.30. The van der Waals surface area contributed by atoms with Gasteiger partial charge < -0.3 is 10.6 Å². The van der Waals surface area contributed by atoms with Gasteiger partial charge in [0.15, 0.2) is 5.96 Å². The molecular weight excluding hydrogens is 438 g/mol. The van der Waals surface area contributed by atoms with Crippen molar-refractivity contribution in [1.82, 2.24) is 10.6 Å². The first-order valence-electron chi connectivity index (χ1n) is 6.95. The number of hydrogen-bond acceptors (Lipinski definition) is 2. The van der Waals surface area contributed by atoms with E-state index in [1.807, 2.05) is 6.26 Å². The summed E-state index contributed by atoms with van der Waals surface area (Å²) in [4.78, 5) is 4.09. The molecule has 132 valence electrons. The van der Waals surface area contributed by atoms with E-state index in [1.165, 1.54) is 6.07 Å². The number of halogens is 4. The van der Waals surface area contributed by atoms with Crippen molar-refractivity contribution in [2.45, 2.75) is 31.3 Å². The van der Waals surface area contributed by atoms with E-state index < -0.39 is 11.7 Å². The maximum absolute atomic E-state index is 12.7. The molecule has 1 aromatic carbocycles. The monoisotopic (exact) mass is 461 g/mol. The highest BCUT2D eigenvalue weighted by molar-refractivity contribution is 14.0. The van der Waals surface area contributed by atoms with E-state index in [0.29, 0.717) is 16.8 Å². The van der Waals surface area contributed by atoms with Crippen LogP contribution in [0.15, 0.2) is 29.3 Å². The van der Waals surface area contributed by atoms with Gasteiger partial charge >= 0.3 is 6.18 Å². The second kappa shape index (κ2) is 10.3. The van der Waals surface area contributed by atoms with Crippen LogP contribution in [0.4, 0.5) is 13.2 Å². The molecule has 0 aliphatic carbocycles. The summed E-state index contributed by atoms with van der Waals surface area (Å²) in [6, 6.07) is 5.05. The van der Waals surface area contributed by atoms with Crippen LogP contribution in [0, 0.1) is 0 Å². The van der Waals surface area contributed by atoms with Crippen LogP contribution >= 0.6 is 35.7 Å². The van der Waals surface area contributed by atoms with E-state index in [4.69, 9.17) is 0 Å². The second-order valence-corrected chi connectivity index (χ2v) is 6.26. The van der Waals surface area contributed by atoms with Crippen LogP contribution < -0.4 is 10.6 Å². The number of guanidine groups is 1. The van der Waals surface area contributed by atoms with E-state index in [1.54, 1.807) is 31.8 Å². The Bertz CT molecular complexity index is 509. The molecule has 0 aliphatic rings. The standard InChI is InChI=1S/C15H22F3N3S.HI/c1-10(22-4)9-20-14(19-3)21-11(2)12-6-5-7-13(8-12)15(16,17)18;/h5-8,10-11H,9H2,1-4H3,(H2,19,20,21);1H. The molecule has 0 fully saturated rings. The zero-order valence-corrected chi connectivity index (χ0v) is 16.7. The van der Waals surface area contributed by atoms with Crippen molar-refractivity contribution in [2.75, 3.05) is 19.8 Å². The van der Waals surface area contributed by atoms with Gasteiger partial charge in [-0.1, -0.05) is 19.1 Å². The third-order valence-electron chi connectivity index (χ3n) is 3.25. The predicted molar refractivity (Wildman–Crippen MR) is 103 cm³/mol. The lowest BCUT2D eigenvalue weighted by Gasteiger charge is -2.20. The van der Waals surface area contributed by atoms with Crippen molar-refractivity contribution in [1.29, 1.82) is 0 Å². The number of nitrogens with zero attached hydrogens (tertiary/aromatic N) is 1. The lowest BCUT2D eigenvalue weighted by atomic mass is 10.1. The average molecular weight is 461 g/mol. The van der Waals surface area contributed by atoms with Gasteiger partial charge in [-0.05, 0) is 30.9 Å². The Kier molecular flexibility index (Phi) is 9.99. The van der Waals surface area contributed by atoms with E-state index in [0.717, 1.165) is 18.7 Å². The lowest BCUT2D eigenvalue weighted by molar-refractivity contribution is -0.137. The Morgan fingerprint density at radius 1 is 1.30 bits per heavy atom. The van der Waals surface area contributed by atoms with E-state index >= 15 is 0 Å². The first-order valence-corrected chi connectivity index (χ1v) is 8.23. The molecule has 8 heteroatoms. The summed E-state index contributed by atoms with van der Waals surface area (Å²) >= 11 is 1.73. The molecule has 0 aliphatic heterocycles. The van der Waals surface area contributed by atoms with Gasteiger partial charge in [-0.3, -0.25) is 4.99 Å². The zero-order chi connectivity index (χ0) is 16.8. The minimum Gasteiger partial charge on any atom is -0.355 e. The predicted octanol–water partition coefficient (Wildman–Crippen LogP) is 4.30. The quantitative estimate of drug-likeness (QED) is 0.390. The van der Waals surface area contributed by atoms with Gasteiger partial charge in [0.25, 0.3) is 0 Å². The molecule has 2 N–H and O–H groups in total. The van der Waals surface area contributed by atoms with Crippen molar-refractivity contribution in [3.05, 3.63) is 35.4 Å². The van der Waals surface area contributed by atoms with Gasteiger partial charge in [0.05, 0.1) is 11.6 Å². The summed E-state index contributed by atoms with van der Waals surface area (Å²) in [6.07, 6.45) is -2.31. The number of alkyl halides is 3. The molecule has 0 amide bonds. The number of nitrogens with one attached hydrogen (secondary N) is 2. The van der Waals surface area contributed by atoms with Crippen molar-refractivity contribution in [2.24, 2.45) is 4.99 Å². The van der Waals surface area contributed by atoms with Gasteiger partial charge in [0.1, 0.15) is 0 Å². The van der Waals surface area contributed by atoms with E-state index in [9.17, 15) is 13.2 Å². The fraction of sp³-hybridized carbons (Fsp3) is 0.533. The molecule has 2 unspecified atom stereocenters. The summed E-state index contributed by atoms with van der Waals surface area (Å²) in [5, 5.41) is 6.68. The third kappa shape index (κ3) is 7.65.